The van der Waals surface area contributed by atoms with Gasteiger partial charge in [0, 0.05) is 30.0 Å². The number of aliphatic hydroxyl groups is 1. The lowest BCUT2D eigenvalue weighted by molar-refractivity contribution is -0.155. The summed E-state index contributed by atoms with van der Waals surface area (Å²) in [5.41, 5.74) is -0.447. The van der Waals surface area contributed by atoms with Crippen molar-refractivity contribution in [3.05, 3.63) is 12.7 Å². The fourth-order valence-corrected chi connectivity index (χ4v) is 8.09. The van der Waals surface area contributed by atoms with Crippen LogP contribution in [0.3, 0.4) is 0 Å². The average molecular weight is 453 g/mol. The van der Waals surface area contributed by atoms with Crippen molar-refractivity contribution in [2.75, 3.05) is 26.3 Å². The Kier molecular flexibility index (Phi) is 6.55. The highest BCUT2D eigenvalue weighted by Crippen LogP contribution is 2.71. The van der Waals surface area contributed by atoms with Crippen LogP contribution in [0, 0.1) is 11.8 Å². The molecule has 3 aliphatic heterocycles. The van der Waals surface area contributed by atoms with Crippen LogP contribution in [-0.4, -0.2) is 80.1 Å². The van der Waals surface area contributed by atoms with Gasteiger partial charge in [0.1, 0.15) is 6.04 Å². The molecule has 0 saturated carbocycles. The molecule has 0 aromatic rings. The molecule has 2 bridgehead atoms. The Bertz CT molecular complexity index is 766. The van der Waals surface area contributed by atoms with Crippen LogP contribution in [0.2, 0.25) is 0 Å². The van der Waals surface area contributed by atoms with E-state index in [2.05, 4.69) is 6.58 Å². The summed E-state index contributed by atoms with van der Waals surface area (Å²) in [6.07, 6.45) is 3.56. The van der Waals surface area contributed by atoms with Crippen molar-refractivity contribution in [2.45, 2.75) is 75.0 Å². The monoisotopic (exact) mass is 452 g/mol. The molecule has 5 atom stereocenters. The number of rotatable bonds is 8. The zero-order valence-electron chi connectivity index (χ0n) is 19.3. The summed E-state index contributed by atoms with van der Waals surface area (Å²) in [5, 5.41) is 9.42. The molecule has 7 nitrogen and oxygen atoms in total. The Morgan fingerprint density at radius 2 is 2.06 bits per heavy atom. The normalized spacial score (nSPS) is 34.1. The molecule has 3 saturated heterocycles. The number of nitrogens with zero attached hydrogens (tertiary/aromatic N) is 2. The molecule has 8 heteroatoms. The van der Waals surface area contributed by atoms with Crippen molar-refractivity contribution >= 4 is 29.5 Å². The molecule has 2 amide bonds. The molecule has 0 radical (unpaired) electrons. The highest BCUT2D eigenvalue weighted by atomic mass is 32.2. The van der Waals surface area contributed by atoms with Gasteiger partial charge in [0.25, 0.3) is 0 Å². The topological polar surface area (TPSA) is 87.2 Å². The number of hydrogen-bond donors (Lipinski definition) is 1. The predicted molar refractivity (Wildman–Crippen MR) is 120 cm³/mol. The Morgan fingerprint density at radius 1 is 1.39 bits per heavy atom. The lowest BCUT2D eigenvalue weighted by Gasteiger charge is -2.42. The fourth-order valence-electron chi connectivity index (χ4n) is 5.75. The molecular formula is C23H36N2O5S. The van der Waals surface area contributed by atoms with Gasteiger partial charge in [0.2, 0.25) is 11.8 Å². The van der Waals surface area contributed by atoms with Crippen LogP contribution in [0.25, 0.3) is 0 Å². The number of amides is 2. The van der Waals surface area contributed by atoms with Gasteiger partial charge in [0.05, 0.1) is 23.2 Å². The molecule has 1 N–H and O–H groups in total. The van der Waals surface area contributed by atoms with Gasteiger partial charge in [-0.25, -0.2) is 0 Å². The standard InChI is InChI=1S/C23H36N2O5S/c1-7-12-25(21(3,4)5)19(28)17-23-11-10-22(6,31-23)16(20(29)30-8-2)15(23)18(27)24(17)13-9-14-26/h7,15-17,26H,1,8-14H2,2-6H3/t15-,16+,17?,22-,23?/m0/s1. The van der Waals surface area contributed by atoms with Gasteiger partial charge in [-0.1, -0.05) is 6.08 Å². The summed E-state index contributed by atoms with van der Waals surface area (Å²) < 4.78 is 4.31. The largest absolute Gasteiger partial charge is 0.466 e. The summed E-state index contributed by atoms with van der Waals surface area (Å²) in [7, 11) is 0. The minimum atomic E-state index is -0.665. The van der Waals surface area contributed by atoms with E-state index in [0.29, 0.717) is 25.9 Å². The second-order valence-corrected chi connectivity index (χ2v) is 11.9. The SMILES string of the molecule is C=CCN(C(=O)C1N(CCCO)C(=O)[C@@H]2[C@H](C(=O)OCC)[C@]3(C)CCC12S3)C(C)(C)C. The van der Waals surface area contributed by atoms with Gasteiger partial charge in [-0.2, -0.15) is 0 Å². The van der Waals surface area contributed by atoms with Crippen molar-refractivity contribution in [1.82, 2.24) is 9.80 Å². The number of hydrogen-bond acceptors (Lipinski definition) is 6. The van der Waals surface area contributed by atoms with Crippen LogP contribution in [0.1, 0.15) is 53.9 Å². The van der Waals surface area contributed by atoms with Crippen molar-refractivity contribution in [3.8, 4) is 0 Å². The first-order valence-electron chi connectivity index (χ1n) is 11.2. The van der Waals surface area contributed by atoms with Crippen LogP contribution < -0.4 is 0 Å². The van der Waals surface area contributed by atoms with Gasteiger partial charge in [-0.3, -0.25) is 14.4 Å². The van der Waals surface area contributed by atoms with Gasteiger partial charge in [-0.15, -0.1) is 18.3 Å². The third-order valence-electron chi connectivity index (χ3n) is 7.00. The molecule has 0 aromatic carbocycles. The van der Waals surface area contributed by atoms with Crippen molar-refractivity contribution in [2.24, 2.45) is 11.8 Å². The predicted octanol–water partition coefficient (Wildman–Crippen LogP) is 2.23. The maximum absolute atomic E-state index is 14.0. The molecule has 0 aromatic heterocycles. The number of thioether (sulfide) groups is 1. The Hall–Kier alpha value is -1.54. The number of aliphatic hydroxyl groups excluding tert-OH is 1. The highest BCUT2D eigenvalue weighted by molar-refractivity contribution is 8.02. The number of likely N-dealkylation sites (tertiary alicyclic amines) is 1. The molecule has 3 aliphatic rings. The molecular weight excluding hydrogens is 416 g/mol. The van der Waals surface area contributed by atoms with E-state index < -0.39 is 32.9 Å². The molecule has 0 aliphatic carbocycles. The molecule has 174 valence electrons. The van der Waals surface area contributed by atoms with Crippen molar-refractivity contribution < 1.29 is 24.2 Å². The smallest absolute Gasteiger partial charge is 0.311 e. The summed E-state index contributed by atoms with van der Waals surface area (Å²) in [5.74, 6) is -1.74. The van der Waals surface area contributed by atoms with E-state index in [1.807, 2.05) is 27.7 Å². The van der Waals surface area contributed by atoms with Gasteiger partial charge < -0.3 is 19.6 Å². The minimum absolute atomic E-state index is 0.0653. The first-order chi connectivity index (χ1) is 14.5. The Balaban J connectivity index is 2.09. The van der Waals surface area contributed by atoms with E-state index in [0.717, 1.165) is 6.42 Å². The van der Waals surface area contributed by atoms with Crippen LogP contribution >= 0.6 is 11.8 Å². The van der Waals surface area contributed by atoms with Crippen molar-refractivity contribution in [3.63, 3.8) is 0 Å². The molecule has 1 spiro atoms. The molecule has 3 heterocycles. The maximum Gasteiger partial charge on any atom is 0.311 e. The Labute approximate surface area is 189 Å². The van der Waals surface area contributed by atoms with Gasteiger partial charge in [0.15, 0.2) is 0 Å². The van der Waals surface area contributed by atoms with Crippen LogP contribution in [-0.2, 0) is 19.1 Å². The fraction of sp³-hybridized carbons (Fsp3) is 0.783. The summed E-state index contributed by atoms with van der Waals surface area (Å²) in [4.78, 5) is 44.1. The quantitative estimate of drug-likeness (QED) is 0.449. The van der Waals surface area contributed by atoms with Gasteiger partial charge in [-0.05, 0) is 53.9 Å². The zero-order chi connectivity index (χ0) is 23.2. The maximum atomic E-state index is 14.0. The van der Waals surface area contributed by atoms with Gasteiger partial charge >= 0.3 is 5.97 Å². The van der Waals surface area contributed by atoms with E-state index in [1.165, 1.54) is 0 Å². The number of carbonyl (C=O) groups excluding carboxylic acids is 3. The second kappa shape index (κ2) is 8.43. The molecule has 2 unspecified atom stereocenters. The van der Waals surface area contributed by atoms with Crippen molar-refractivity contribution in [1.29, 1.82) is 0 Å². The lowest BCUT2D eigenvalue weighted by Crippen LogP contribution is -2.58. The average Bonchev–Trinajstić information content (AvgIpc) is 3.24. The van der Waals surface area contributed by atoms with E-state index in [9.17, 15) is 19.5 Å². The first kappa shape index (κ1) is 24.1. The van der Waals surface area contributed by atoms with Crippen LogP contribution in [0.5, 0.6) is 0 Å². The number of esters is 1. The Morgan fingerprint density at radius 3 is 2.61 bits per heavy atom. The summed E-state index contributed by atoms with van der Waals surface area (Å²) in [6.45, 7) is 14.4. The third-order valence-corrected chi connectivity index (χ3v) is 8.98. The highest BCUT2D eigenvalue weighted by Gasteiger charge is 2.77. The zero-order valence-corrected chi connectivity index (χ0v) is 20.2. The number of fused-ring (bicyclic) bond motifs is 1. The van der Waals surface area contributed by atoms with E-state index in [1.54, 1.807) is 34.6 Å². The van der Waals surface area contributed by atoms with Crippen LogP contribution in [0.4, 0.5) is 0 Å². The molecule has 31 heavy (non-hydrogen) atoms. The third kappa shape index (κ3) is 3.69. The lowest BCUT2D eigenvalue weighted by atomic mass is 9.66. The summed E-state index contributed by atoms with van der Waals surface area (Å²) >= 11 is 1.64. The molecule has 3 fully saturated rings. The van der Waals surface area contributed by atoms with E-state index >= 15 is 0 Å². The second-order valence-electron chi connectivity index (χ2n) is 10.00. The minimum Gasteiger partial charge on any atom is -0.466 e. The number of ether oxygens (including phenoxy) is 1. The van der Waals surface area contributed by atoms with E-state index in [4.69, 9.17) is 4.74 Å². The molecule has 3 rings (SSSR count). The first-order valence-corrected chi connectivity index (χ1v) is 12.0. The van der Waals surface area contributed by atoms with E-state index in [-0.39, 0.29) is 31.0 Å². The number of carbonyl (C=O) groups is 3. The van der Waals surface area contributed by atoms with Crippen LogP contribution in [0.15, 0.2) is 12.7 Å². The summed E-state index contributed by atoms with van der Waals surface area (Å²) in [6, 6.07) is -0.665.